The fourth-order valence-corrected chi connectivity index (χ4v) is 37.4. The molecule has 9 aromatic carbocycles. The van der Waals surface area contributed by atoms with E-state index in [0.29, 0.717) is 0 Å². The van der Waals surface area contributed by atoms with Crippen LogP contribution in [-0.4, -0.2) is 52.2 Å². The van der Waals surface area contributed by atoms with E-state index in [1.807, 2.05) is 73.1 Å². The molecule has 4 radical (unpaired) electrons. The van der Waals surface area contributed by atoms with E-state index in [1.54, 1.807) is 0 Å². The van der Waals surface area contributed by atoms with Crippen molar-refractivity contribution < 1.29 is 80.4 Å². The van der Waals surface area contributed by atoms with E-state index in [4.69, 9.17) is 19.9 Å². The number of hydrogen-bond acceptors (Lipinski definition) is 12. The fourth-order valence-electron chi connectivity index (χ4n) is 19.2. The van der Waals surface area contributed by atoms with Crippen LogP contribution in [0.1, 0.15) is 104 Å². The third kappa shape index (κ3) is 19.3. The van der Waals surface area contributed by atoms with Crippen molar-refractivity contribution in [2.75, 3.05) is 39.2 Å². The van der Waals surface area contributed by atoms with Crippen molar-refractivity contribution in [2.24, 2.45) is 0 Å². The summed E-state index contributed by atoms with van der Waals surface area (Å²) in [6.45, 7) is 44.3. The van der Waals surface area contributed by atoms with Crippen LogP contribution in [0.2, 0.25) is 64.5 Å². The molecule has 0 saturated heterocycles. The second kappa shape index (κ2) is 43.3. The summed E-state index contributed by atoms with van der Waals surface area (Å²) < 4.78 is 0. The Bertz CT molecular complexity index is 5220. The fraction of sp³-hybridized carbons (Fsp3) is 0.250. The molecule has 0 bridgehead atoms. The number of fused-ring (bicyclic) bond motifs is 4. The maximum Gasteiger partial charge on any atom is 0.131 e. The maximum atomic E-state index is 5.27. The second-order valence-corrected chi connectivity index (χ2v) is 54.9. The zero-order valence-corrected chi connectivity index (χ0v) is 87.7. The molecular formula is C104H116Ir4N12Si4-8. The Kier molecular flexibility index (Phi) is 34.1. The van der Waals surface area contributed by atoms with Crippen molar-refractivity contribution in [1.82, 2.24) is 19.9 Å². The molecule has 0 amide bonds. The van der Waals surface area contributed by atoms with Crippen LogP contribution >= 0.6 is 0 Å². The number of para-hydroxylation sites is 8. The first kappa shape index (κ1) is 97.6. The summed E-state index contributed by atoms with van der Waals surface area (Å²) in [6.07, 6.45) is 6.14. The summed E-state index contributed by atoms with van der Waals surface area (Å²) in [6, 6.07) is 122. The number of nitrogens with zero attached hydrogens (tertiary/aromatic N) is 12. The van der Waals surface area contributed by atoms with Crippen LogP contribution in [0.3, 0.4) is 0 Å². The predicted octanol–water partition coefficient (Wildman–Crippen LogP) is 25.5. The summed E-state index contributed by atoms with van der Waals surface area (Å²) in [4.78, 5) is 37.8. The third-order valence-electron chi connectivity index (χ3n) is 26.0. The van der Waals surface area contributed by atoms with Crippen LogP contribution in [0.4, 0.5) is 91.5 Å². The average Bonchev–Trinajstić information content (AvgIpc) is 1.18. The Morgan fingerprint density at radius 2 is 0.613 bits per heavy atom. The first-order valence-corrected chi connectivity index (χ1v) is 53.1. The van der Waals surface area contributed by atoms with E-state index in [2.05, 4.69) is 419 Å². The molecule has 4 aromatic heterocycles. The van der Waals surface area contributed by atoms with Crippen LogP contribution < -0.4 is 65.3 Å². The van der Waals surface area contributed by atoms with E-state index in [0.717, 1.165) is 74.5 Å². The van der Waals surface area contributed by atoms with Gasteiger partial charge in [0, 0.05) is 127 Å². The van der Waals surface area contributed by atoms with Crippen LogP contribution in [0.5, 0.6) is 0 Å². The van der Waals surface area contributed by atoms with Crippen molar-refractivity contribution in [1.29, 1.82) is 0 Å². The first-order valence-electron chi connectivity index (χ1n) is 43.2. The summed E-state index contributed by atoms with van der Waals surface area (Å²) >= 11 is 0. The summed E-state index contributed by atoms with van der Waals surface area (Å²) in [5.41, 5.74) is 13.3. The van der Waals surface area contributed by atoms with Crippen LogP contribution in [-0.2, 0) is 80.4 Å². The SMILES string of the molecule is CC(C)(C)[Si](c1ccccc1)(c1ccnc2c1N(c1ccccc1)[CH-]N2c1[c-]cccc1)C(C)(C)C.CC[Si](CC)(CC)c1ccc2c(n1)N(c1[c-]cccc1)[CH-]N2c1ccccc1.CC[Si](CC)(CC)c1ccnc2c1N(c1ccccc1)[CH-]N2c1[c-]cccc1.CC[Si](CC)(CC)c1cnc2c(c1)N(c1ccccc1)[CH-]N2c1[c-]cccc1.[Ir].[Ir].[Ir].[Ir]. The largest absolute Gasteiger partial charge is 0.478 e. The Labute approximate surface area is 798 Å². The van der Waals surface area contributed by atoms with Crippen LogP contribution in [0, 0.1) is 50.9 Å². The normalized spacial score (nSPS) is 13.4. The van der Waals surface area contributed by atoms with Crippen molar-refractivity contribution in [2.45, 2.75) is 168 Å². The summed E-state index contributed by atoms with van der Waals surface area (Å²) in [5.74, 6) is 3.95. The Morgan fingerprint density at radius 3 is 0.976 bits per heavy atom. The molecule has 652 valence electrons. The summed E-state index contributed by atoms with van der Waals surface area (Å²) in [7, 11) is -7.09. The van der Waals surface area contributed by atoms with Gasteiger partial charge in [-0.15, -0.1) is 49.4 Å². The first-order chi connectivity index (χ1) is 58.3. The third-order valence-corrected chi connectivity index (χ3v) is 49.5. The second-order valence-electron chi connectivity index (χ2n) is 33.6. The minimum Gasteiger partial charge on any atom is -0.478 e. The monoisotopic (exact) mass is 2420 g/mol. The van der Waals surface area contributed by atoms with Gasteiger partial charge in [0.2, 0.25) is 0 Å². The van der Waals surface area contributed by atoms with Gasteiger partial charge in [-0.3, -0.25) is 0 Å². The van der Waals surface area contributed by atoms with Gasteiger partial charge in [0.05, 0.1) is 38.9 Å². The number of hydrogen-bond donors (Lipinski definition) is 0. The molecule has 20 heteroatoms. The number of rotatable bonds is 22. The van der Waals surface area contributed by atoms with E-state index in [9.17, 15) is 0 Å². The molecular weight excluding hydrogens is 2300 g/mol. The van der Waals surface area contributed by atoms with Gasteiger partial charge in [0.15, 0.2) is 0 Å². The van der Waals surface area contributed by atoms with Gasteiger partial charge >= 0.3 is 0 Å². The molecule has 12 nitrogen and oxygen atoms in total. The van der Waals surface area contributed by atoms with E-state index in [-0.39, 0.29) is 90.5 Å². The number of aromatic nitrogens is 4. The Balaban J connectivity index is 0.000000172. The topological polar surface area (TPSA) is 77.5 Å². The molecule has 13 aromatic rings. The molecule has 0 spiro atoms. The van der Waals surface area contributed by atoms with E-state index < -0.39 is 32.3 Å². The van der Waals surface area contributed by atoms with Gasteiger partial charge < -0.3 is 39.2 Å². The standard InChI is InChI=1S/C32H35N3Si.3C24H27N3Si.4Ir/c1-31(2,3)36(32(4,5)6,27-20-14-9-15-21-27)28-22-23-33-30-29(28)34(25-16-10-7-11-17-25)24-35(30)26-18-12-8-13-19-26;1-4-28(5-2,6-3)22-17-23-24(25-18-22)27(21-15-11-8-12-16-21)19-26(23)20-13-9-7-10-14-20;1-4-28(5-2,6-3)22-17-18-25-24-23(22)26(20-13-9-7-10-14-20)19-27(24)21-15-11-8-12-16-21;1-4-28(5-2,6-3)23-18-17-22-24(25-23)27(21-15-11-8-12-16-21)19-26(22)20-13-9-7-10-14-20;;;;/h7-18,20-24H,1-6H3;3*7-15,17-19H,4-6H2,1-3H3;;;;/q4*-2;;;;. The maximum absolute atomic E-state index is 5.27. The number of benzene rings is 9. The number of pyridine rings is 4. The minimum atomic E-state index is -2.45. The minimum absolute atomic E-state index is 0. The van der Waals surface area contributed by atoms with Gasteiger partial charge in [-0.1, -0.05) is 267 Å². The molecule has 0 atom stereocenters. The molecule has 17 rings (SSSR count). The quantitative estimate of drug-likeness (QED) is 0.0479. The average molecular weight is 2420 g/mol. The molecule has 124 heavy (non-hydrogen) atoms. The van der Waals surface area contributed by atoms with E-state index >= 15 is 0 Å². The molecule has 0 N–H and O–H groups in total. The molecule has 4 aliphatic heterocycles. The molecule has 0 aliphatic carbocycles. The van der Waals surface area contributed by atoms with Crippen molar-refractivity contribution in [3.8, 4) is 0 Å². The molecule has 0 saturated carbocycles. The van der Waals surface area contributed by atoms with Gasteiger partial charge in [-0.05, 0) is 104 Å². The van der Waals surface area contributed by atoms with Gasteiger partial charge in [-0.25, -0.2) is 19.9 Å². The van der Waals surface area contributed by atoms with Gasteiger partial charge in [0.1, 0.15) is 39.4 Å². The molecule has 0 fully saturated rings. The number of anilines is 16. The molecule has 0 unspecified atom stereocenters. The zero-order chi connectivity index (χ0) is 84.2. The molecule has 8 heterocycles. The smallest absolute Gasteiger partial charge is 0.131 e. The Hall–Kier alpha value is -8.56. The van der Waals surface area contributed by atoms with Crippen LogP contribution in [0.25, 0.3) is 0 Å². The zero-order valence-electron chi connectivity index (χ0n) is 74.2. The van der Waals surface area contributed by atoms with Gasteiger partial charge in [-0.2, -0.15) is 121 Å². The Morgan fingerprint density at radius 1 is 0.290 bits per heavy atom. The predicted molar refractivity (Wildman–Crippen MR) is 520 cm³/mol. The van der Waals surface area contributed by atoms with Gasteiger partial charge in [0.25, 0.3) is 0 Å². The van der Waals surface area contributed by atoms with Crippen molar-refractivity contribution >= 4 is 150 Å². The van der Waals surface area contributed by atoms with E-state index in [1.165, 1.54) is 97.5 Å². The molecule has 4 aliphatic rings. The van der Waals surface area contributed by atoms with Crippen molar-refractivity contribution in [3.05, 3.63) is 349 Å². The van der Waals surface area contributed by atoms with Crippen molar-refractivity contribution in [3.63, 3.8) is 0 Å². The van der Waals surface area contributed by atoms with Crippen LogP contribution in [0.15, 0.2) is 298 Å². The summed E-state index contributed by atoms with van der Waals surface area (Å²) in [5, 5.41) is 7.25.